The van der Waals surface area contributed by atoms with Crippen LogP contribution in [0.5, 0.6) is 0 Å². The lowest BCUT2D eigenvalue weighted by atomic mass is 9.80. The molecule has 14 heteroatoms. The Morgan fingerprint density at radius 1 is 0.450 bits per heavy atom. The van der Waals surface area contributed by atoms with E-state index in [1.807, 2.05) is 137 Å². The molecule has 1 fully saturated rings. The molecule has 0 amide bonds. The number of fused-ring (bicyclic) bond motifs is 2. The van der Waals surface area contributed by atoms with E-state index in [1.165, 1.54) is 0 Å². The molecular formula is C46H42BBr2N9O2. The Balaban J connectivity index is 0.000000143. The minimum absolute atomic E-state index is 0. The first-order valence-electron chi connectivity index (χ1n) is 18.9. The van der Waals surface area contributed by atoms with Crippen molar-refractivity contribution in [2.75, 3.05) is 0 Å². The van der Waals surface area contributed by atoms with Gasteiger partial charge in [0.25, 0.3) is 0 Å². The molecule has 60 heavy (non-hydrogen) atoms. The Morgan fingerprint density at radius 2 is 0.800 bits per heavy atom. The number of aromatic nitrogens is 9. The number of halogens is 2. The third-order valence-electron chi connectivity index (χ3n) is 10.2. The van der Waals surface area contributed by atoms with Crippen molar-refractivity contribution in [2.24, 2.45) is 0 Å². The maximum atomic E-state index is 5.90. The maximum absolute atomic E-state index is 5.90. The average Bonchev–Trinajstić information content (AvgIpc) is 3.99. The molecule has 0 saturated carbocycles. The second-order valence-electron chi connectivity index (χ2n) is 14.6. The van der Waals surface area contributed by atoms with Gasteiger partial charge in [0.1, 0.15) is 22.1 Å². The average molecular weight is 924 g/mol. The fraction of sp³-hybridized carbons (Fsp3) is 0.152. The second kappa shape index (κ2) is 18.1. The number of benzene rings is 4. The lowest BCUT2D eigenvalue weighted by Crippen LogP contribution is -2.41. The molecule has 10 rings (SSSR count). The molecule has 0 unspecified atom stereocenters. The third-order valence-corrected chi connectivity index (χ3v) is 11.5. The lowest BCUT2D eigenvalue weighted by Gasteiger charge is -2.32. The van der Waals surface area contributed by atoms with Crippen molar-refractivity contribution < 1.29 is 9.31 Å². The van der Waals surface area contributed by atoms with Gasteiger partial charge in [-0.25, -0.2) is 0 Å². The Hall–Kier alpha value is -5.93. The van der Waals surface area contributed by atoms with Gasteiger partial charge in [-0.2, -0.15) is 9.59 Å². The molecule has 0 radical (unpaired) electrons. The standard InChI is InChI=1S/C22H15N5.C12H7Br2N3.C11H16BNO2.CH4/c1-2-4-18(5-3-1)27-25-21-19(16-8-12-23-13-9-16)6-7-20(22(21)26-27)17-10-14-24-15-11-17;13-9-6-7-10(14)12-11(9)15-17(16-12)8-4-2-1-3-5-8;1-10(2)11(3,4)15-12(14-10)9-5-7-13-8-6-9;/h1-15H;1-7H;5-8H,1-4H3;1H4. The first-order chi connectivity index (χ1) is 28.6. The summed E-state index contributed by atoms with van der Waals surface area (Å²) in [6, 6.07) is 39.7. The van der Waals surface area contributed by atoms with Crippen LogP contribution >= 0.6 is 31.9 Å². The number of nitrogens with zero attached hydrogens (tertiary/aromatic N) is 9. The molecule has 5 aromatic heterocycles. The van der Waals surface area contributed by atoms with Crippen LogP contribution < -0.4 is 5.46 Å². The van der Waals surface area contributed by atoms with E-state index in [0.29, 0.717) is 0 Å². The quantitative estimate of drug-likeness (QED) is 0.155. The Labute approximate surface area is 366 Å². The summed E-state index contributed by atoms with van der Waals surface area (Å²) in [5, 5.41) is 18.6. The molecule has 9 aromatic rings. The zero-order chi connectivity index (χ0) is 41.0. The van der Waals surface area contributed by atoms with Crippen LogP contribution in [0, 0.1) is 0 Å². The lowest BCUT2D eigenvalue weighted by molar-refractivity contribution is 0.00578. The zero-order valence-corrected chi connectivity index (χ0v) is 35.9. The molecule has 300 valence electrons. The molecule has 4 aromatic carbocycles. The highest BCUT2D eigenvalue weighted by molar-refractivity contribution is 9.11. The largest absolute Gasteiger partial charge is 0.494 e. The highest BCUT2D eigenvalue weighted by Gasteiger charge is 2.51. The molecule has 11 nitrogen and oxygen atoms in total. The predicted octanol–water partition coefficient (Wildman–Crippen LogP) is 10.5. The van der Waals surface area contributed by atoms with Crippen LogP contribution in [0.1, 0.15) is 35.1 Å². The van der Waals surface area contributed by atoms with Gasteiger partial charge in [-0.05, 0) is 149 Å². The fourth-order valence-corrected chi connectivity index (χ4v) is 7.11. The molecular weight excluding hydrogens is 881 g/mol. The van der Waals surface area contributed by atoms with Gasteiger partial charge in [-0.3, -0.25) is 15.0 Å². The van der Waals surface area contributed by atoms with E-state index >= 15 is 0 Å². The van der Waals surface area contributed by atoms with Gasteiger partial charge in [-0.1, -0.05) is 56.0 Å². The molecule has 0 atom stereocenters. The third kappa shape index (κ3) is 8.97. The van der Waals surface area contributed by atoms with E-state index in [0.717, 1.165) is 70.1 Å². The van der Waals surface area contributed by atoms with Crippen molar-refractivity contribution >= 4 is 66.5 Å². The summed E-state index contributed by atoms with van der Waals surface area (Å²) < 4.78 is 13.7. The molecule has 0 spiro atoms. The maximum Gasteiger partial charge on any atom is 0.494 e. The van der Waals surface area contributed by atoms with Gasteiger partial charge in [0.2, 0.25) is 0 Å². The van der Waals surface area contributed by atoms with Gasteiger partial charge in [0.05, 0.1) is 22.6 Å². The molecule has 1 saturated heterocycles. The minimum atomic E-state index is -0.280. The summed E-state index contributed by atoms with van der Waals surface area (Å²) in [6.45, 7) is 8.20. The summed E-state index contributed by atoms with van der Waals surface area (Å²) in [7, 11) is -0.280. The van der Waals surface area contributed by atoms with Gasteiger partial charge < -0.3 is 9.31 Å². The molecule has 0 aliphatic carbocycles. The monoisotopic (exact) mass is 921 g/mol. The van der Waals surface area contributed by atoms with E-state index < -0.39 is 0 Å². The van der Waals surface area contributed by atoms with Crippen LogP contribution in [0.15, 0.2) is 167 Å². The number of pyridine rings is 3. The smallest absolute Gasteiger partial charge is 0.399 e. The summed E-state index contributed by atoms with van der Waals surface area (Å²) in [6.07, 6.45) is 10.7. The van der Waals surface area contributed by atoms with Crippen LogP contribution in [0.3, 0.4) is 0 Å². The number of hydrogen-bond donors (Lipinski definition) is 0. The van der Waals surface area contributed by atoms with E-state index in [1.54, 1.807) is 46.8 Å². The molecule has 0 bridgehead atoms. The second-order valence-corrected chi connectivity index (χ2v) is 16.3. The minimum Gasteiger partial charge on any atom is -0.399 e. The summed E-state index contributed by atoms with van der Waals surface area (Å²) in [5.74, 6) is 0. The molecule has 6 heterocycles. The van der Waals surface area contributed by atoms with Crippen molar-refractivity contribution in [2.45, 2.75) is 46.3 Å². The van der Waals surface area contributed by atoms with Crippen LogP contribution in [-0.2, 0) is 9.31 Å². The van der Waals surface area contributed by atoms with Crippen LogP contribution in [0.2, 0.25) is 0 Å². The van der Waals surface area contributed by atoms with E-state index in [2.05, 4.69) is 69.1 Å². The van der Waals surface area contributed by atoms with Crippen molar-refractivity contribution in [1.82, 2.24) is 44.9 Å². The van der Waals surface area contributed by atoms with Crippen LogP contribution in [-0.4, -0.2) is 63.3 Å². The Bertz CT molecular complexity index is 2680. The topological polar surface area (TPSA) is 119 Å². The van der Waals surface area contributed by atoms with Crippen LogP contribution in [0.4, 0.5) is 0 Å². The van der Waals surface area contributed by atoms with E-state index in [-0.39, 0.29) is 25.7 Å². The predicted molar refractivity (Wildman–Crippen MR) is 246 cm³/mol. The van der Waals surface area contributed by atoms with Crippen molar-refractivity contribution in [1.29, 1.82) is 0 Å². The number of rotatable bonds is 5. The first kappa shape index (κ1) is 42.2. The van der Waals surface area contributed by atoms with Crippen molar-refractivity contribution in [3.8, 4) is 33.6 Å². The van der Waals surface area contributed by atoms with Crippen molar-refractivity contribution in [3.05, 3.63) is 167 Å². The van der Waals surface area contributed by atoms with Crippen molar-refractivity contribution in [3.63, 3.8) is 0 Å². The molecule has 1 aliphatic heterocycles. The number of para-hydroxylation sites is 2. The Morgan fingerprint density at radius 3 is 1.18 bits per heavy atom. The zero-order valence-electron chi connectivity index (χ0n) is 32.7. The highest BCUT2D eigenvalue weighted by atomic mass is 79.9. The van der Waals surface area contributed by atoms with E-state index in [9.17, 15) is 0 Å². The molecule has 1 aliphatic rings. The van der Waals surface area contributed by atoms with Gasteiger partial charge in [0.15, 0.2) is 0 Å². The van der Waals surface area contributed by atoms with Gasteiger partial charge in [-0.15, -0.1) is 20.4 Å². The molecule has 0 N–H and O–H groups in total. The summed E-state index contributed by atoms with van der Waals surface area (Å²) in [5.41, 5.74) is 9.96. The van der Waals surface area contributed by atoms with Crippen LogP contribution in [0.25, 0.3) is 55.7 Å². The normalized spacial score (nSPS) is 13.8. The first-order valence-corrected chi connectivity index (χ1v) is 20.4. The summed E-state index contributed by atoms with van der Waals surface area (Å²) >= 11 is 6.96. The summed E-state index contributed by atoms with van der Waals surface area (Å²) in [4.78, 5) is 15.6. The fourth-order valence-electron chi connectivity index (χ4n) is 6.31. The number of hydrogen-bond acceptors (Lipinski definition) is 9. The van der Waals surface area contributed by atoms with E-state index in [4.69, 9.17) is 19.5 Å². The van der Waals surface area contributed by atoms with Gasteiger partial charge >= 0.3 is 7.12 Å². The Kier molecular flexibility index (Phi) is 12.8. The SMILES string of the molecule is Brc1ccc(Br)c2nn(-c3ccccc3)nc12.C.CC1(C)OB(c2ccncc2)OC1(C)C.c1ccc(-n2nc3c(-c4ccncc4)ccc(-c4ccncc4)c3n2)cc1. The highest BCUT2D eigenvalue weighted by Crippen LogP contribution is 2.37. The van der Waals surface area contributed by atoms with Gasteiger partial charge in [0, 0.05) is 57.3 Å².